The summed E-state index contributed by atoms with van der Waals surface area (Å²) in [6.45, 7) is 0.566. The summed E-state index contributed by atoms with van der Waals surface area (Å²) in [4.78, 5) is 12.7. The quantitative estimate of drug-likeness (QED) is 0.751. The first kappa shape index (κ1) is 17.5. The lowest BCUT2D eigenvalue weighted by molar-refractivity contribution is 0.000875. The van der Waals surface area contributed by atoms with E-state index in [1.54, 1.807) is 12.1 Å². The van der Waals surface area contributed by atoms with E-state index < -0.39 is 0 Å². The minimum absolute atomic E-state index is 0.0246. The summed E-state index contributed by atoms with van der Waals surface area (Å²) in [6, 6.07) is 17.8. The SMILES string of the molecule is O=C(N[C@@H]1CCO[C@@H](c2ccc(F)cc2)C1)c1cccc(-n2cccc2)c1. The smallest absolute Gasteiger partial charge is 0.251 e. The third kappa shape index (κ3) is 4.09. The molecule has 0 bridgehead atoms. The molecule has 2 atom stereocenters. The number of rotatable bonds is 4. The normalized spacial score (nSPS) is 19.6. The van der Waals surface area contributed by atoms with Gasteiger partial charge in [-0.05, 0) is 60.9 Å². The van der Waals surface area contributed by atoms with Gasteiger partial charge in [0.25, 0.3) is 5.91 Å². The van der Waals surface area contributed by atoms with Gasteiger partial charge >= 0.3 is 0 Å². The Labute approximate surface area is 157 Å². The fraction of sp³-hybridized carbons (Fsp3) is 0.227. The zero-order valence-corrected chi connectivity index (χ0v) is 14.8. The molecule has 3 aromatic rings. The van der Waals surface area contributed by atoms with Crippen LogP contribution < -0.4 is 5.32 Å². The highest BCUT2D eigenvalue weighted by Crippen LogP contribution is 2.28. The van der Waals surface area contributed by atoms with Crippen LogP contribution in [0.2, 0.25) is 0 Å². The van der Waals surface area contributed by atoms with Gasteiger partial charge in [0.2, 0.25) is 0 Å². The second kappa shape index (κ2) is 7.76. The number of benzene rings is 2. The average Bonchev–Trinajstić information content (AvgIpc) is 3.24. The largest absolute Gasteiger partial charge is 0.373 e. The number of hydrogen-bond donors (Lipinski definition) is 1. The number of carbonyl (C=O) groups is 1. The Kier molecular flexibility index (Phi) is 5.03. The Balaban J connectivity index is 1.43. The molecule has 1 aromatic heterocycles. The zero-order chi connectivity index (χ0) is 18.6. The molecule has 4 rings (SSSR count). The molecule has 27 heavy (non-hydrogen) atoms. The van der Waals surface area contributed by atoms with E-state index in [4.69, 9.17) is 4.74 Å². The van der Waals surface area contributed by atoms with E-state index in [1.165, 1.54) is 12.1 Å². The molecule has 1 N–H and O–H groups in total. The van der Waals surface area contributed by atoms with E-state index in [1.807, 2.05) is 53.4 Å². The molecule has 4 nitrogen and oxygen atoms in total. The Bertz CT molecular complexity index is 906. The number of nitrogens with one attached hydrogen (secondary N) is 1. The molecule has 1 saturated heterocycles. The van der Waals surface area contributed by atoms with Crippen LogP contribution in [0, 0.1) is 5.82 Å². The molecule has 1 amide bonds. The molecule has 5 heteroatoms. The third-order valence-electron chi connectivity index (χ3n) is 4.87. The van der Waals surface area contributed by atoms with Gasteiger partial charge in [-0.3, -0.25) is 4.79 Å². The first-order valence-corrected chi connectivity index (χ1v) is 9.10. The molecule has 138 valence electrons. The summed E-state index contributed by atoms with van der Waals surface area (Å²) in [7, 11) is 0. The summed E-state index contributed by atoms with van der Waals surface area (Å²) in [6.07, 6.45) is 5.21. The Morgan fingerprint density at radius 3 is 2.63 bits per heavy atom. The van der Waals surface area contributed by atoms with Crippen LogP contribution in [-0.2, 0) is 4.74 Å². The molecule has 2 heterocycles. The van der Waals surface area contributed by atoms with E-state index in [0.717, 1.165) is 17.7 Å². The highest BCUT2D eigenvalue weighted by molar-refractivity contribution is 5.94. The van der Waals surface area contributed by atoms with Gasteiger partial charge in [-0.2, -0.15) is 0 Å². The fourth-order valence-electron chi connectivity index (χ4n) is 3.42. The molecule has 0 spiro atoms. The van der Waals surface area contributed by atoms with Gasteiger partial charge in [0.15, 0.2) is 0 Å². The highest BCUT2D eigenvalue weighted by atomic mass is 19.1. The van der Waals surface area contributed by atoms with Crippen molar-refractivity contribution in [2.24, 2.45) is 0 Å². The number of hydrogen-bond acceptors (Lipinski definition) is 2. The molecular weight excluding hydrogens is 343 g/mol. The average molecular weight is 364 g/mol. The van der Waals surface area contributed by atoms with E-state index in [9.17, 15) is 9.18 Å². The first-order chi connectivity index (χ1) is 13.2. The van der Waals surface area contributed by atoms with Gasteiger partial charge in [-0.25, -0.2) is 4.39 Å². The molecule has 2 aromatic carbocycles. The van der Waals surface area contributed by atoms with Gasteiger partial charge in [0.1, 0.15) is 5.82 Å². The molecule has 0 radical (unpaired) electrons. The van der Waals surface area contributed by atoms with Crippen LogP contribution >= 0.6 is 0 Å². The van der Waals surface area contributed by atoms with E-state index in [-0.39, 0.29) is 23.9 Å². The molecule has 1 aliphatic heterocycles. The first-order valence-electron chi connectivity index (χ1n) is 9.10. The van der Waals surface area contributed by atoms with Crippen molar-refractivity contribution in [1.82, 2.24) is 9.88 Å². The van der Waals surface area contributed by atoms with Gasteiger partial charge < -0.3 is 14.6 Å². The minimum Gasteiger partial charge on any atom is -0.373 e. The van der Waals surface area contributed by atoms with Crippen LogP contribution in [-0.4, -0.2) is 23.1 Å². The summed E-state index contributed by atoms with van der Waals surface area (Å²) in [5.74, 6) is -0.351. The van der Waals surface area contributed by atoms with Crippen molar-refractivity contribution in [3.05, 3.63) is 90.0 Å². The second-order valence-corrected chi connectivity index (χ2v) is 6.75. The van der Waals surface area contributed by atoms with E-state index in [0.29, 0.717) is 18.6 Å². The Morgan fingerprint density at radius 1 is 1.07 bits per heavy atom. The highest BCUT2D eigenvalue weighted by Gasteiger charge is 2.25. The van der Waals surface area contributed by atoms with Crippen LogP contribution in [0.5, 0.6) is 0 Å². The number of ether oxygens (including phenoxy) is 1. The van der Waals surface area contributed by atoms with Crippen LogP contribution in [0.1, 0.15) is 34.9 Å². The Morgan fingerprint density at radius 2 is 1.85 bits per heavy atom. The van der Waals surface area contributed by atoms with Crippen LogP contribution in [0.15, 0.2) is 73.1 Å². The predicted molar refractivity (Wildman–Crippen MR) is 101 cm³/mol. The lowest BCUT2D eigenvalue weighted by atomic mass is 9.97. The van der Waals surface area contributed by atoms with Gasteiger partial charge in [0, 0.05) is 36.3 Å². The van der Waals surface area contributed by atoms with E-state index in [2.05, 4.69) is 5.32 Å². The topological polar surface area (TPSA) is 43.3 Å². The monoisotopic (exact) mass is 364 g/mol. The maximum atomic E-state index is 13.1. The van der Waals surface area contributed by atoms with Crippen LogP contribution in [0.3, 0.4) is 0 Å². The fourth-order valence-corrected chi connectivity index (χ4v) is 3.42. The molecular formula is C22H21FN2O2. The molecule has 1 fully saturated rings. The molecule has 0 saturated carbocycles. The van der Waals surface area contributed by atoms with Crippen molar-refractivity contribution in [2.75, 3.05) is 6.61 Å². The maximum Gasteiger partial charge on any atom is 0.251 e. The van der Waals surface area contributed by atoms with Crippen molar-refractivity contribution in [2.45, 2.75) is 25.0 Å². The van der Waals surface area contributed by atoms with E-state index >= 15 is 0 Å². The van der Waals surface area contributed by atoms with Gasteiger partial charge in [-0.15, -0.1) is 0 Å². The summed E-state index contributed by atoms with van der Waals surface area (Å²) < 4.78 is 20.9. The molecule has 1 aliphatic rings. The van der Waals surface area contributed by atoms with Crippen molar-refractivity contribution in [1.29, 1.82) is 0 Å². The number of aromatic nitrogens is 1. The standard InChI is InChI=1S/C22H21FN2O2/c23-18-8-6-16(7-9-18)21-15-19(10-13-27-21)24-22(26)17-4-3-5-20(14-17)25-11-1-2-12-25/h1-9,11-12,14,19,21H,10,13,15H2,(H,24,26)/t19-,21-/m1/s1. The van der Waals surface area contributed by atoms with Gasteiger partial charge in [-0.1, -0.05) is 18.2 Å². The second-order valence-electron chi connectivity index (χ2n) is 6.75. The Hall–Kier alpha value is -2.92. The lowest BCUT2D eigenvalue weighted by Crippen LogP contribution is -2.39. The van der Waals surface area contributed by atoms with Crippen molar-refractivity contribution in [3.63, 3.8) is 0 Å². The lowest BCUT2D eigenvalue weighted by Gasteiger charge is -2.30. The number of nitrogens with zero attached hydrogens (tertiary/aromatic N) is 1. The zero-order valence-electron chi connectivity index (χ0n) is 14.8. The summed E-state index contributed by atoms with van der Waals surface area (Å²) in [5, 5.41) is 3.12. The molecule has 0 unspecified atom stereocenters. The van der Waals surface area contributed by atoms with Crippen molar-refractivity contribution < 1.29 is 13.9 Å². The number of carbonyl (C=O) groups excluding carboxylic acids is 1. The predicted octanol–water partition coefficient (Wildman–Crippen LogP) is 4.27. The summed E-state index contributed by atoms with van der Waals surface area (Å²) in [5.41, 5.74) is 2.51. The van der Waals surface area contributed by atoms with Crippen molar-refractivity contribution in [3.8, 4) is 5.69 Å². The summed E-state index contributed by atoms with van der Waals surface area (Å²) >= 11 is 0. The third-order valence-corrected chi connectivity index (χ3v) is 4.87. The number of amides is 1. The van der Waals surface area contributed by atoms with Crippen molar-refractivity contribution >= 4 is 5.91 Å². The number of halogens is 1. The van der Waals surface area contributed by atoms with Gasteiger partial charge in [0.05, 0.1) is 6.10 Å². The van der Waals surface area contributed by atoms with Crippen LogP contribution in [0.4, 0.5) is 4.39 Å². The van der Waals surface area contributed by atoms with Crippen LogP contribution in [0.25, 0.3) is 5.69 Å². The minimum atomic E-state index is -0.262. The maximum absolute atomic E-state index is 13.1. The molecule has 0 aliphatic carbocycles.